The molecular weight excluding hydrogens is 332 g/mol. The molecule has 0 atom stereocenters. The van der Waals surface area contributed by atoms with E-state index in [1.54, 1.807) is 0 Å². The molecule has 5 nitrogen and oxygen atoms in total. The molecule has 0 saturated heterocycles. The monoisotopic (exact) mass is 350 g/mol. The summed E-state index contributed by atoms with van der Waals surface area (Å²) in [6.07, 6.45) is 0. The van der Waals surface area contributed by atoms with E-state index in [2.05, 4.69) is 31.3 Å². The molecule has 0 unspecified atom stereocenters. The highest BCUT2D eigenvalue weighted by Gasteiger charge is 2.13. The Labute approximate surface area is 133 Å². The van der Waals surface area contributed by atoms with Gasteiger partial charge in [-0.05, 0) is 24.6 Å². The number of anilines is 1. The maximum atomic E-state index is 5.84. The summed E-state index contributed by atoms with van der Waals surface area (Å²) in [5.74, 6) is 7.57. The van der Waals surface area contributed by atoms with Gasteiger partial charge in [-0.2, -0.15) is 4.98 Å². The van der Waals surface area contributed by atoms with Crippen LogP contribution >= 0.6 is 15.9 Å². The maximum Gasteiger partial charge on any atom is 0.222 e. The first-order chi connectivity index (χ1) is 10.0. The Balaban J connectivity index is 2.24. The molecule has 0 saturated carbocycles. The van der Waals surface area contributed by atoms with E-state index in [1.807, 2.05) is 45.0 Å². The third-order valence-electron chi connectivity index (χ3n) is 3.04. The Bertz CT molecular complexity index is 631. The lowest BCUT2D eigenvalue weighted by Crippen LogP contribution is -2.14. The second kappa shape index (κ2) is 6.87. The number of nitrogens with one attached hydrogen (secondary N) is 1. The minimum atomic E-state index is 0.200. The van der Waals surface area contributed by atoms with Crippen LogP contribution in [0.25, 0.3) is 0 Å². The molecule has 0 aliphatic heterocycles. The zero-order chi connectivity index (χ0) is 15.4. The maximum absolute atomic E-state index is 5.84. The van der Waals surface area contributed by atoms with Crippen molar-refractivity contribution in [3.63, 3.8) is 0 Å². The summed E-state index contributed by atoms with van der Waals surface area (Å²) in [6, 6.07) is 7.98. The number of aromatic nitrogens is 2. The summed E-state index contributed by atoms with van der Waals surface area (Å²) >= 11 is 3.45. The minimum Gasteiger partial charge on any atom is -0.472 e. The third kappa shape index (κ3) is 3.92. The van der Waals surface area contributed by atoms with E-state index >= 15 is 0 Å². The van der Waals surface area contributed by atoms with Crippen molar-refractivity contribution in [1.29, 1.82) is 0 Å². The highest BCUT2D eigenvalue weighted by Crippen LogP contribution is 2.25. The van der Waals surface area contributed by atoms with Crippen molar-refractivity contribution in [3.8, 4) is 5.88 Å². The molecule has 0 aliphatic carbocycles. The molecule has 0 bridgehead atoms. The smallest absolute Gasteiger partial charge is 0.222 e. The average Bonchev–Trinajstić information content (AvgIpc) is 2.46. The van der Waals surface area contributed by atoms with Crippen molar-refractivity contribution >= 4 is 21.7 Å². The van der Waals surface area contributed by atoms with Gasteiger partial charge in [-0.15, -0.1) is 0 Å². The van der Waals surface area contributed by atoms with Crippen molar-refractivity contribution in [2.24, 2.45) is 5.84 Å². The van der Waals surface area contributed by atoms with E-state index in [9.17, 15) is 0 Å². The Morgan fingerprint density at radius 3 is 2.71 bits per heavy atom. The molecule has 1 heterocycles. The van der Waals surface area contributed by atoms with E-state index in [1.165, 1.54) is 0 Å². The van der Waals surface area contributed by atoms with Crippen LogP contribution in [0.15, 0.2) is 28.7 Å². The summed E-state index contributed by atoms with van der Waals surface area (Å²) in [5, 5.41) is 0. The van der Waals surface area contributed by atoms with Crippen LogP contribution in [0.5, 0.6) is 5.88 Å². The number of hydrogen-bond donors (Lipinski definition) is 2. The predicted molar refractivity (Wildman–Crippen MR) is 87.1 cm³/mol. The van der Waals surface area contributed by atoms with Gasteiger partial charge in [-0.1, -0.05) is 41.9 Å². The van der Waals surface area contributed by atoms with Gasteiger partial charge in [-0.25, -0.2) is 10.8 Å². The second-order valence-corrected chi connectivity index (χ2v) is 5.99. The highest BCUT2D eigenvalue weighted by atomic mass is 79.9. The van der Waals surface area contributed by atoms with Crippen LogP contribution in [0.1, 0.15) is 36.7 Å². The number of benzene rings is 1. The van der Waals surface area contributed by atoms with Crippen molar-refractivity contribution < 1.29 is 4.74 Å². The molecule has 0 fully saturated rings. The van der Waals surface area contributed by atoms with Gasteiger partial charge in [0, 0.05) is 10.4 Å². The number of nitrogens with zero attached hydrogens (tertiary/aromatic N) is 2. The summed E-state index contributed by atoms with van der Waals surface area (Å²) in [7, 11) is 0. The zero-order valence-corrected chi connectivity index (χ0v) is 13.9. The van der Waals surface area contributed by atoms with E-state index < -0.39 is 0 Å². The summed E-state index contributed by atoms with van der Waals surface area (Å²) in [4.78, 5) is 8.86. The minimum absolute atomic E-state index is 0.200. The van der Waals surface area contributed by atoms with Crippen LogP contribution in [-0.4, -0.2) is 9.97 Å². The molecule has 112 valence electrons. The second-order valence-electron chi connectivity index (χ2n) is 5.08. The van der Waals surface area contributed by atoms with E-state index in [0.29, 0.717) is 24.1 Å². The quantitative estimate of drug-likeness (QED) is 0.637. The first kappa shape index (κ1) is 15.7. The summed E-state index contributed by atoms with van der Waals surface area (Å²) in [6.45, 7) is 6.39. The largest absolute Gasteiger partial charge is 0.472 e. The number of nitrogen functional groups attached to an aromatic ring is 1. The third-order valence-corrected chi connectivity index (χ3v) is 3.53. The first-order valence-corrected chi connectivity index (χ1v) is 7.53. The molecule has 0 spiro atoms. The number of hydrogen-bond acceptors (Lipinski definition) is 5. The molecule has 21 heavy (non-hydrogen) atoms. The molecule has 0 aliphatic rings. The van der Waals surface area contributed by atoms with Crippen LogP contribution in [0.2, 0.25) is 0 Å². The fourth-order valence-electron chi connectivity index (χ4n) is 1.83. The van der Waals surface area contributed by atoms with Crippen LogP contribution in [0.3, 0.4) is 0 Å². The number of halogens is 1. The van der Waals surface area contributed by atoms with Gasteiger partial charge < -0.3 is 10.2 Å². The molecule has 0 amide bonds. The molecule has 2 aromatic rings. The number of hydrazine groups is 1. The number of ether oxygens (including phenoxy) is 1. The fourth-order valence-corrected chi connectivity index (χ4v) is 2.28. The highest BCUT2D eigenvalue weighted by molar-refractivity contribution is 9.10. The Hall–Kier alpha value is -1.66. The van der Waals surface area contributed by atoms with E-state index in [-0.39, 0.29) is 5.92 Å². The SMILES string of the molecule is Cc1c(NN)nc(C(C)C)nc1OCc1cccc(Br)c1. The summed E-state index contributed by atoms with van der Waals surface area (Å²) in [5.41, 5.74) is 4.47. The molecule has 1 aromatic heterocycles. The Morgan fingerprint density at radius 1 is 1.33 bits per heavy atom. The van der Waals surface area contributed by atoms with Gasteiger partial charge >= 0.3 is 0 Å². The number of rotatable bonds is 5. The number of nitrogens with two attached hydrogens (primary N) is 1. The van der Waals surface area contributed by atoms with Gasteiger partial charge in [-0.3, -0.25) is 0 Å². The first-order valence-electron chi connectivity index (χ1n) is 6.73. The zero-order valence-electron chi connectivity index (χ0n) is 12.4. The van der Waals surface area contributed by atoms with E-state index in [4.69, 9.17) is 10.6 Å². The van der Waals surface area contributed by atoms with Gasteiger partial charge in [0.15, 0.2) is 0 Å². The Morgan fingerprint density at radius 2 is 2.10 bits per heavy atom. The topological polar surface area (TPSA) is 73.1 Å². The van der Waals surface area contributed by atoms with Crippen LogP contribution in [-0.2, 0) is 6.61 Å². The predicted octanol–water partition coefficient (Wildman–Crippen LogP) is 3.54. The van der Waals surface area contributed by atoms with Crippen molar-refractivity contribution in [2.75, 3.05) is 5.43 Å². The van der Waals surface area contributed by atoms with E-state index in [0.717, 1.165) is 15.6 Å². The summed E-state index contributed by atoms with van der Waals surface area (Å²) < 4.78 is 6.87. The molecule has 6 heteroatoms. The van der Waals surface area contributed by atoms with Gasteiger partial charge in [0.25, 0.3) is 0 Å². The van der Waals surface area contributed by atoms with Gasteiger partial charge in [0.05, 0.1) is 5.56 Å². The van der Waals surface area contributed by atoms with Crippen molar-refractivity contribution in [3.05, 3.63) is 45.7 Å². The lowest BCUT2D eigenvalue weighted by molar-refractivity contribution is 0.289. The normalized spacial score (nSPS) is 10.8. The lowest BCUT2D eigenvalue weighted by Gasteiger charge is -2.14. The van der Waals surface area contributed by atoms with Gasteiger partial charge in [0.2, 0.25) is 5.88 Å². The van der Waals surface area contributed by atoms with Crippen LogP contribution in [0, 0.1) is 6.92 Å². The average molecular weight is 351 g/mol. The van der Waals surface area contributed by atoms with Crippen LogP contribution < -0.4 is 16.0 Å². The molecule has 3 N–H and O–H groups in total. The molecular formula is C15H19BrN4O. The Kier molecular flexibility index (Phi) is 5.14. The van der Waals surface area contributed by atoms with Crippen LogP contribution in [0.4, 0.5) is 5.82 Å². The molecule has 0 radical (unpaired) electrons. The van der Waals surface area contributed by atoms with Crippen molar-refractivity contribution in [2.45, 2.75) is 33.3 Å². The van der Waals surface area contributed by atoms with Crippen molar-refractivity contribution in [1.82, 2.24) is 9.97 Å². The fraction of sp³-hybridized carbons (Fsp3) is 0.333. The standard InChI is InChI=1S/C15H19BrN4O/c1-9(2)13-18-14(20-17)10(3)15(19-13)21-8-11-5-4-6-12(16)7-11/h4-7,9H,8,17H2,1-3H3,(H,18,19,20). The molecule has 2 rings (SSSR count). The lowest BCUT2D eigenvalue weighted by atomic mass is 10.2. The van der Waals surface area contributed by atoms with Gasteiger partial charge in [0.1, 0.15) is 18.2 Å². The molecule has 1 aromatic carbocycles.